The molecule has 1 N–H and O–H groups in total. The SMILES string of the molecule is CCN(CC(=O)O)S(=O)(=O)c1ccc([N+](=O)[O-])c(F)c1. The van der Waals surface area contributed by atoms with Crippen LogP contribution in [0.4, 0.5) is 10.1 Å². The molecule has 0 heterocycles. The summed E-state index contributed by atoms with van der Waals surface area (Å²) in [6.07, 6.45) is 0. The van der Waals surface area contributed by atoms with Gasteiger partial charge in [-0.3, -0.25) is 14.9 Å². The minimum absolute atomic E-state index is 0.132. The lowest BCUT2D eigenvalue weighted by atomic mass is 10.3. The molecule has 20 heavy (non-hydrogen) atoms. The van der Waals surface area contributed by atoms with Gasteiger partial charge < -0.3 is 5.11 Å². The van der Waals surface area contributed by atoms with E-state index in [1.807, 2.05) is 0 Å². The second kappa shape index (κ2) is 5.92. The number of carbonyl (C=O) groups is 1. The highest BCUT2D eigenvalue weighted by atomic mass is 32.2. The zero-order valence-electron chi connectivity index (χ0n) is 10.3. The van der Waals surface area contributed by atoms with E-state index in [4.69, 9.17) is 5.11 Å². The Labute approximate surface area is 113 Å². The lowest BCUT2D eigenvalue weighted by molar-refractivity contribution is -0.387. The second-order valence-corrected chi connectivity index (χ2v) is 5.63. The highest BCUT2D eigenvalue weighted by Crippen LogP contribution is 2.23. The maximum Gasteiger partial charge on any atom is 0.318 e. The van der Waals surface area contributed by atoms with Gasteiger partial charge in [-0.05, 0) is 6.07 Å². The number of likely N-dealkylation sites (N-methyl/N-ethyl adjacent to an activating group) is 1. The van der Waals surface area contributed by atoms with E-state index in [9.17, 15) is 27.7 Å². The van der Waals surface area contributed by atoms with E-state index < -0.39 is 43.9 Å². The normalized spacial score (nSPS) is 11.6. The summed E-state index contributed by atoms with van der Waals surface area (Å²) < 4.78 is 38.2. The van der Waals surface area contributed by atoms with Crippen LogP contribution in [-0.2, 0) is 14.8 Å². The lowest BCUT2D eigenvalue weighted by Crippen LogP contribution is -2.35. The number of aliphatic carboxylic acids is 1. The lowest BCUT2D eigenvalue weighted by Gasteiger charge is -2.18. The van der Waals surface area contributed by atoms with Gasteiger partial charge in [-0.25, -0.2) is 8.42 Å². The maximum atomic E-state index is 13.4. The average Bonchev–Trinajstić information content (AvgIpc) is 2.34. The first kappa shape index (κ1) is 16.0. The molecule has 0 amide bonds. The van der Waals surface area contributed by atoms with E-state index >= 15 is 0 Å². The second-order valence-electron chi connectivity index (χ2n) is 3.70. The third-order valence-electron chi connectivity index (χ3n) is 2.42. The number of halogens is 1. The Bertz CT molecular complexity index is 645. The van der Waals surface area contributed by atoms with Crippen LogP contribution in [0.3, 0.4) is 0 Å². The molecule has 110 valence electrons. The van der Waals surface area contributed by atoms with E-state index in [2.05, 4.69) is 0 Å². The quantitative estimate of drug-likeness (QED) is 0.614. The summed E-state index contributed by atoms with van der Waals surface area (Å²) in [4.78, 5) is 19.5. The molecule has 0 spiro atoms. The molecule has 1 aromatic rings. The van der Waals surface area contributed by atoms with Crippen molar-refractivity contribution >= 4 is 21.7 Å². The topological polar surface area (TPSA) is 118 Å². The van der Waals surface area contributed by atoms with Crippen LogP contribution in [0, 0.1) is 15.9 Å². The highest BCUT2D eigenvalue weighted by molar-refractivity contribution is 7.89. The molecule has 0 radical (unpaired) electrons. The molecule has 0 fully saturated rings. The van der Waals surface area contributed by atoms with Gasteiger partial charge in [-0.2, -0.15) is 8.70 Å². The van der Waals surface area contributed by atoms with Crippen LogP contribution in [0.2, 0.25) is 0 Å². The molecule has 0 atom stereocenters. The fourth-order valence-electron chi connectivity index (χ4n) is 1.46. The number of hydrogen-bond donors (Lipinski definition) is 1. The van der Waals surface area contributed by atoms with Gasteiger partial charge in [0.2, 0.25) is 15.8 Å². The van der Waals surface area contributed by atoms with E-state index in [0.29, 0.717) is 10.4 Å². The molecule has 0 unspecified atom stereocenters. The Kier molecular flexibility index (Phi) is 4.73. The number of nitrogens with zero attached hydrogens (tertiary/aromatic N) is 2. The van der Waals surface area contributed by atoms with Gasteiger partial charge in [0, 0.05) is 18.7 Å². The van der Waals surface area contributed by atoms with Gasteiger partial charge in [0.15, 0.2) is 0 Å². The number of hydrogen-bond acceptors (Lipinski definition) is 5. The first-order valence-corrected chi connectivity index (χ1v) is 6.80. The molecule has 10 heteroatoms. The van der Waals surface area contributed by atoms with Crippen molar-refractivity contribution in [2.45, 2.75) is 11.8 Å². The summed E-state index contributed by atoms with van der Waals surface area (Å²) in [6, 6.07) is 2.08. The zero-order valence-corrected chi connectivity index (χ0v) is 11.1. The van der Waals surface area contributed by atoms with Crippen LogP contribution < -0.4 is 0 Å². The smallest absolute Gasteiger partial charge is 0.318 e. The molecule has 8 nitrogen and oxygen atoms in total. The van der Waals surface area contributed by atoms with Crippen LogP contribution in [-0.4, -0.2) is 41.8 Å². The van der Waals surface area contributed by atoms with Crippen molar-refractivity contribution < 1.29 is 27.6 Å². The van der Waals surface area contributed by atoms with Crippen molar-refractivity contribution in [1.29, 1.82) is 0 Å². The molecule has 0 aliphatic rings. The zero-order chi connectivity index (χ0) is 15.5. The van der Waals surface area contributed by atoms with Gasteiger partial charge in [0.25, 0.3) is 0 Å². The number of carboxylic acids is 1. The van der Waals surface area contributed by atoms with Crippen molar-refractivity contribution in [2.24, 2.45) is 0 Å². The van der Waals surface area contributed by atoms with E-state index in [1.54, 1.807) is 0 Å². The van der Waals surface area contributed by atoms with E-state index in [-0.39, 0.29) is 6.54 Å². The third-order valence-corrected chi connectivity index (χ3v) is 4.33. The number of rotatable bonds is 6. The number of carboxylic acid groups (broad SMARTS) is 1. The molecule has 0 aromatic heterocycles. The summed E-state index contributed by atoms with van der Waals surface area (Å²) >= 11 is 0. The highest BCUT2D eigenvalue weighted by Gasteiger charge is 2.27. The van der Waals surface area contributed by atoms with Crippen LogP contribution >= 0.6 is 0 Å². The first-order valence-electron chi connectivity index (χ1n) is 5.36. The van der Waals surface area contributed by atoms with Crippen LogP contribution in [0.15, 0.2) is 23.1 Å². The minimum atomic E-state index is -4.22. The van der Waals surface area contributed by atoms with Gasteiger partial charge in [0.05, 0.1) is 9.82 Å². The predicted octanol–water partition coefficient (Wildman–Crippen LogP) is 0.829. The van der Waals surface area contributed by atoms with Gasteiger partial charge in [-0.15, -0.1) is 0 Å². The van der Waals surface area contributed by atoms with Crippen molar-refractivity contribution in [3.63, 3.8) is 0 Å². The molecular weight excluding hydrogens is 295 g/mol. The van der Waals surface area contributed by atoms with E-state index in [0.717, 1.165) is 12.1 Å². The Balaban J connectivity index is 3.25. The summed E-state index contributed by atoms with van der Waals surface area (Å²) in [5, 5.41) is 19.1. The molecular formula is C10H11FN2O6S. The summed E-state index contributed by atoms with van der Waals surface area (Å²) in [7, 11) is -4.22. The standard InChI is InChI=1S/C10H11FN2O6S/c1-2-12(6-10(14)15)20(18,19)7-3-4-9(13(16)17)8(11)5-7/h3-5H,2,6H2,1H3,(H,14,15). The number of nitro groups is 1. The fraction of sp³-hybridized carbons (Fsp3) is 0.300. The monoisotopic (exact) mass is 306 g/mol. The Morgan fingerprint density at radius 3 is 2.50 bits per heavy atom. The van der Waals surface area contributed by atoms with Gasteiger partial charge in [0.1, 0.15) is 6.54 Å². The molecule has 0 saturated carbocycles. The maximum absolute atomic E-state index is 13.4. The summed E-state index contributed by atoms with van der Waals surface area (Å²) in [5.41, 5.74) is -0.856. The Morgan fingerprint density at radius 2 is 2.10 bits per heavy atom. The summed E-state index contributed by atoms with van der Waals surface area (Å²) in [6.45, 7) is 0.507. The predicted molar refractivity (Wildman–Crippen MR) is 65.1 cm³/mol. The molecule has 0 aliphatic heterocycles. The van der Waals surface area contributed by atoms with Gasteiger partial charge in [-0.1, -0.05) is 6.92 Å². The summed E-state index contributed by atoms with van der Waals surface area (Å²) in [5.74, 6) is -2.67. The van der Waals surface area contributed by atoms with Crippen LogP contribution in [0.5, 0.6) is 0 Å². The number of sulfonamides is 1. The number of benzene rings is 1. The van der Waals surface area contributed by atoms with Crippen molar-refractivity contribution in [3.05, 3.63) is 34.1 Å². The molecule has 1 aromatic carbocycles. The molecule has 1 rings (SSSR count). The van der Waals surface area contributed by atoms with Crippen molar-refractivity contribution in [2.75, 3.05) is 13.1 Å². The van der Waals surface area contributed by atoms with Crippen molar-refractivity contribution in [1.82, 2.24) is 4.31 Å². The third kappa shape index (κ3) is 3.27. The minimum Gasteiger partial charge on any atom is -0.480 e. The largest absolute Gasteiger partial charge is 0.480 e. The molecule has 0 saturated heterocycles. The van der Waals surface area contributed by atoms with Crippen molar-refractivity contribution in [3.8, 4) is 0 Å². The number of nitro benzene ring substituents is 1. The molecule has 0 aliphatic carbocycles. The van der Waals surface area contributed by atoms with Crippen LogP contribution in [0.25, 0.3) is 0 Å². The fourth-order valence-corrected chi connectivity index (χ4v) is 2.87. The average molecular weight is 306 g/mol. The Morgan fingerprint density at radius 1 is 1.50 bits per heavy atom. The van der Waals surface area contributed by atoms with Crippen LogP contribution in [0.1, 0.15) is 6.92 Å². The Hall–Kier alpha value is -2.07. The first-order chi connectivity index (χ1) is 9.20. The molecule has 0 bridgehead atoms. The van der Waals surface area contributed by atoms with Gasteiger partial charge >= 0.3 is 11.7 Å². The van der Waals surface area contributed by atoms with E-state index in [1.165, 1.54) is 6.92 Å².